The predicted molar refractivity (Wildman–Crippen MR) is 211 cm³/mol. The second-order valence-electron chi connectivity index (χ2n) is 9.65. The van der Waals surface area contributed by atoms with Crippen molar-refractivity contribution in [2.24, 2.45) is 5.92 Å². The molecule has 0 radical (unpaired) electrons. The van der Waals surface area contributed by atoms with E-state index in [4.69, 9.17) is 5.26 Å². The molecule has 0 aliphatic carbocycles. The van der Waals surface area contributed by atoms with Crippen LogP contribution in [0.25, 0.3) is 0 Å². The van der Waals surface area contributed by atoms with Crippen molar-refractivity contribution in [1.82, 2.24) is 4.98 Å². The summed E-state index contributed by atoms with van der Waals surface area (Å²) in [5, 5.41) is 8.41. The van der Waals surface area contributed by atoms with Gasteiger partial charge in [-0.1, -0.05) is 141 Å². The Balaban J connectivity index is -0.000000106. The van der Waals surface area contributed by atoms with E-state index in [1.807, 2.05) is 85.0 Å². The van der Waals surface area contributed by atoms with E-state index < -0.39 is 0 Å². The molecule has 45 heavy (non-hydrogen) atoms. The van der Waals surface area contributed by atoms with Gasteiger partial charge in [0.1, 0.15) is 0 Å². The molecular weight excluding hydrogens is 544 g/mol. The van der Waals surface area contributed by atoms with Crippen LogP contribution in [0, 0.1) is 24.2 Å². The maximum absolute atomic E-state index is 8.41. The lowest BCUT2D eigenvalue weighted by Gasteiger charge is -2.15. The van der Waals surface area contributed by atoms with Crippen molar-refractivity contribution in [2.45, 2.75) is 136 Å². The van der Waals surface area contributed by atoms with Crippen LogP contribution in [0.4, 0.5) is 0 Å². The van der Waals surface area contributed by atoms with E-state index in [1.165, 1.54) is 53.5 Å². The van der Waals surface area contributed by atoms with Gasteiger partial charge in [0.15, 0.2) is 0 Å². The van der Waals surface area contributed by atoms with Gasteiger partial charge in [-0.15, -0.1) is 13.2 Å². The highest BCUT2D eigenvalue weighted by Crippen LogP contribution is 2.23. The normalized spacial score (nSPS) is 7.98. The molecule has 2 rings (SSSR count). The quantitative estimate of drug-likeness (QED) is 0.218. The Morgan fingerprint density at radius 2 is 1.38 bits per heavy atom. The van der Waals surface area contributed by atoms with Gasteiger partial charge in [0, 0.05) is 12.4 Å². The summed E-state index contributed by atoms with van der Waals surface area (Å²) in [5.41, 5.74) is 8.47. The molecule has 0 N–H and O–H groups in total. The summed E-state index contributed by atoms with van der Waals surface area (Å²) < 4.78 is 0. The lowest BCUT2D eigenvalue weighted by atomic mass is 9.90. The molecule has 0 atom stereocenters. The maximum atomic E-state index is 8.41. The molecule has 0 saturated carbocycles. The Morgan fingerprint density at radius 3 is 1.62 bits per heavy atom. The first kappa shape index (κ1) is 54.1. The van der Waals surface area contributed by atoms with Crippen LogP contribution in [0.5, 0.6) is 0 Å². The third kappa shape index (κ3) is 40.6. The number of hydrogen-bond donors (Lipinski definition) is 0. The van der Waals surface area contributed by atoms with E-state index in [9.17, 15) is 0 Å². The zero-order valence-corrected chi connectivity index (χ0v) is 32.6. The van der Waals surface area contributed by atoms with E-state index in [2.05, 4.69) is 105 Å². The first-order chi connectivity index (χ1) is 21.6. The molecule has 2 nitrogen and oxygen atoms in total. The minimum atomic E-state index is 0.713. The zero-order valence-electron chi connectivity index (χ0n) is 32.6. The molecule has 1 aromatic heterocycles. The number of nitriles is 1. The van der Waals surface area contributed by atoms with E-state index in [0.29, 0.717) is 5.92 Å². The summed E-state index contributed by atoms with van der Waals surface area (Å²) in [6.45, 7) is 44.9. The topological polar surface area (TPSA) is 36.7 Å². The Hall–Kier alpha value is -3.44. The first-order valence-electron chi connectivity index (χ1n) is 17.0. The molecular formula is C43H74N2. The smallest absolute Gasteiger partial charge is 0.0991 e. The summed E-state index contributed by atoms with van der Waals surface area (Å²) in [6.07, 6.45) is 14.0. The Morgan fingerprint density at radius 1 is 0.867 bits per heavy atom. The van der Waals surface area contributed by atoms with Crippen LogP contribution in [0.1, 0.15) is 139 Å². The molecule has 0 spiro atoms. The number of hydrogen-bond acceptors (Lipinski definition) is 2. The van der Waals surface area contributed by atoms with Crippen molar-refractivity contribution in [1.29, 1.82) is 5.26 Å². The molecule has 0 amide bonds. The van der Waals surface area contributed by atoms with Crippen molar-refractivity contribution in [3.05, 3.63) is 126 Å². The van der Waals surface area contributed by atoms with E-state index in [1.54, 1.807) is 12.3 Å². The van der Waals surface area contributed by atoms with Crippen LogP contribution in [0.3, 0.4) is 0 Å². The lowest BCUT2D eigenvalue weighted by Crippen LogP contribution is -2.01. The number of aryl methyl sites for hydroxylation is 2. The number of pyridine rings is 1. The monoisotopic (exact) mass is 619 g/mol. The minimum absolute atomic E-state index is 0.713. The highest BCUT2D eigenvalue weighted by atomic mass is 14.6. The summed E-state index contributed by atoms with van der Waals surface area (Å²) in [4.78, 5) is 3.96. The Kier molecular flexibility index (Phi) is 54.1. The van der Waals surface area contributed by atoms with Crippen molar-refractivity contribution in [3.8, 4) is 6.07 Å². The van der Waals surface area contributed by atoms with Crippen LogP contribution in [0.2, 0.25) is 0 Å². The minimum Gasteiger partial charge on any atom is -0.264 e. The SMILES string of the molecule is C=C.C=C(C=C(C)C)C(CCC)CCC.C=CC(C)=C(C)C.CC.CC.CC.CCc1cccnc1.Cc1cccc(C#N)c1. The summed E-state index contributed by atoms with van der Waals surface area (Å²) in [6, 6.07) is 13.6. The van der Waals surface area contributed by atoms with Gasteiger partial charge in [-0.25, -0.2) is 0 Å². The van der Waals surface area contributed by atoms with Crippen molar-refractivity contribution >= 4 is 0 Å². The molecule has 2 heteroatoms. The standard InChI is InChI=1S/C13H24.C8H7N.C7H9N.C7H12.3C2H6.C2H4/c1-6-8-13(9-7-2)12(5)10-11(3)4;1-7-3-2-4-8(5-7)6-9;1-2-7-4-3-5-8-6-7;1-5-7(4)6(2)3;4*1-2/h10,13H,5-9H2,1-4H3;2-5H,1H3;3-6H,2H2,1H3;5H,1H2,2-4H3;3*1-2H3;1-2H2. The van der Waals surface area contributed by atoms with Crippen LogP contribution in [-0.4, -0.2) is 4.98 Å². The number of allylic oxidation sites excluding steroid dienone is 6. The van der Waals surface area contributed by atoms with Gasteiger partial charge < -0.3 is 0 Å². The second-order valence-corrected chi connectivity index (χ2v) is 9.65. The number of nitrogens with zero attached hydrogens (tertiary/aromatic N) is 2. The van der Waals surface area contributed by atoms with Gasteiger partial charge in [0.25, 0.3) is 0 Å². The molecule has 2 aromatic rings. The fourth-order valence-electron chi connectivity index (χ4n) is 3.23. The predicted octanol–water partition coefficient (Wildman–Crippen LogP) is 14.6. The van der Waals surface area contributed by atoms with Crippen molar-refractivity contribution in [2.75, 3.05) is 0 Å². The van der Waals surface area contributed by atoms with E-state index >= 15 is 0 Å². The summed E-state index contributed by atoms with van der Waals surface area (Å²) in [5.74, 6) is 0.713. The Labute approximate surface area is 283 Å². The number of aromatic nitrogens is 1. The fourth-order valence-corrected chi connectivity index (χ4v) is 3.23. The molecule has 0 bridgehead atoms. The van der Waals surface area contributed by atoms with Gasteiger partial charge in [-0.05, 0) is 96.0 Å². The fraction of sp³-hybridized carbons (Fsp3) is 0.488. The molecule has 0 saturated heterocycles. The highest BCUT2D eigenvalue weighted by molar-refractivity contribution is 5.31. The zero-order chi connectivity index (χ0) is 36.6. The Bertz CT molecular complexity index is 990. The van der Waals surface area contributed by atoms with Crippen LogP contribution in [-0.2, 0) is 6.42 Å². The highest BCUT2D eigenvalue weighted by Gasteiger charge is 2.08. The van der Waals surface area contributed by atoms with Gasteiger partial charge in [-0.2, -0.15) is 5.26 Å². The van der Waals surface area contributed by atoms with Crippen LogP contribution < -0.4 is 0 Å². The summed E-state index contributed by atoms with van der Waals surface area (Å²) >= 11 is 0. The average Bonchev–Trinajstić information content (AvgIpc) is 3.08. The molecule has 1 heterocycles. The third-order valence-electron chi connectivity index (χ3n) is 5.65. The third-order valence-corrected chi connectivity index (χ3v) is 5.65. The van der Waals surface area contributed by atoms with Crippen molar-refractivity contribution in [3.63, 3.8) is 0 Å². The molecule has 1 aromatic carbocycles. The van der Waals surface area contributed by atoms with Gasteiger partial charge in [0.2, 0.25) is 0 Å². The van der Waals surface area contributed by atoms with Crippen molar-refractivity contribution < 1.29 is 0 Å². The molecule has 0 aliphatic rings. The first-order valence-corrected chi connectivity index (χ1v) is 17.0. The van der Waals surface area contributed by atoms with Gasteiger partial charge in [-0.3, -0.25) is 4.98 Å². The van der Waals surface area contributed by atoms with E-state index in [-0.39, 0.29) is 0 Å². The van der Waals surface area contributed by atoms with E-state index in [0.717, 1.165) is 17.5 Å². The molecule has 0 aliphatic heterocycles. The van der Waals surface area contributed by atoms with Crippen LogP contribution in [0.15, 0.2) is 110 Å². The maximum Gasteiger partial charge on any atom is 0.0991 e. The largest absolute Gasteiger partial charge is 0.264 e. The van der Waals surface area contributed by atoms with Gasteiger partial charge in [0.05, 0.1) is 11.6 Å². The molecule has 0 unspecified atom stereocenters. The van der Waals surface area contributed by atoms with Crippen LogP contribution >= 0.6 is 0 Å². The summed E-state index contributed by atoms with van der Waals surface area (Å²) in [7, 11) is 0. The molecule has 0 fully saturated rings. The molecule has 256 valence electrons. The average molecular weight is 619 g/mol. The van der Waals surface area contributed by atoms with Gasteiger partial charge >= 0.3 is 0 Å². The number of benzene rings is 1. The second kappa shape index (κ2) is 45.0. The number of rotatable bonds is 8. The lowest BCUT2D eigenvalue weighted by molar-refractivity contribution is 0.513.